The van der Waals surface area contributed by atoms with Crippen LogP contribution < -0.4 is 0 Å². The van der Waals surface area contributed by atoms with Crippen LogP contribution in [0.15, 0.2) is 42.7 Å². The summed E-state index contributed by atoms with van der Waals surface area (Å²) < 4.78 is 7.79. The van der Waals surface area contributed by atoms with Crippen molar-refractivity contribution in [2.75, 3.05) is 0 Å². The first-order chi connectivity index (χ1) is 14.9. The zero-order chi connectivity index (χ0) is 22.5. The highest BCUT2D eigenvalue weighted by atomic mass is 16.5. The third-order valence-corrected chi connectivity index (χ3v) is 5.80. The van der Waals surface area contributed by atoms with E-state index in [2.05, 4.69) is 35.8 Å². The second-order valence-electron chi connectivity index (χ2n) is 7.91. The number of hydrogen-bond acceptors (Lipinski definition) is 3. The Balaban J connectivity index is 2.08. The molecule has 0 saturated heterocycles. The number of rotatable bonds is 9. The van der Waals surface area contributed by atoms with Gasteiger partial charge in [0.2, 0.25) is 5.78 Å². The van der Waals surface area contributed by atoms with E-state index in [1.807, 2.05) is 44.2 Å². The standard InChI is InChI=1S/C26H32N2O3/c1-6-19-14-28(15-20(19)7-2)16-22-24(23(8-3)31-18(5)29)17(4)25(27-22)26(30)21-12-10-9-11-13-21/h9-15,23,27H,6-8,16H2,1-5H3. The summed E-state index contributed by atoms with van der Waals surface area (Å²) in [4.78, 5) is 28.4. The minimum atomic E-state index is -0.395. The molecule has 0 bridgehead atoms. The molecular weight excluding hydrogens is 388 g/mol. The highest BCUT2D eigenvalue weighted by Crippen LogP contribution is 2.32. The Bertz CT molecular complexity index is 1040. The molecule has 0 aliphatic heterocycles. The fraction of sp³-hybridized carbons (Fsp3) is 0.385. The molecule has 5 heteroatoms. The first-order valence-electron chi connectivity index (χ1n) is 11.0. The molecule has 2 aromatic heterocycles. The Labute approximate surface area is 184 Å². The van der Waals surface area contributed by atoms with Crippen LogP contribution in [0, 0.1) is 6.92 Å². The van der Waals surface area contributed by atoms with Crippen molar-refractivity contribution < 1.29 is 14.3 Å². The number of H-pyrrole nitrogens is 1. The molecule has 3 aromatic rings. The molecule has 1 unspecified atom stereocenters. The predicted molar refractivity (Wildman–Crippen MR) is 122 cm³/mol. The quantitative estimate of drug-likeness (QED) is 0.365. The van der Waals surface area contributed by atoms with Crippen LogP contribution in [-0.2, 0) is 28.9 Å². The lowest BCUT2D eigenvalue weighted by Gasteiger charge is -2.18. The van der Waals surface area contributed by atoms with Crippen LogP contribution in [0.4, 0.5) is 0 Å². The fourth-order valence-corrected chi connectivity index (χ4v) is 4.26. The van der Waals surface area contributed by atoms with E-state index in [-0.39, 0.29) is 11.8 Å². The van der Waals surface area contributed by atoms with Crippen molar-refractivity contribution in [2.45, 2.75) is 66.5 Å². The molecule has 1 N–H and O–H groups in total. The molecule has 2 heterocycles. The van der Waals surface area contributed by atoms with Crippen LogP contribution in [0.25, 0.3) is 0 Å². The number of hydrogen-bond donors (Lipinski definition) is 1. The summed E-state index contributed by atoms with van der Waals surface area (Å²) in [6, 6.07) is 9.25. The average molecular weight is 421 g/mol. The van der Waals surface area contributed by atoms with Crippen molar-refractivity contribution in [1.82, 2.24) is 9.55 Å². The van der Waals surface area contributed by atoms with Crippen LogP contribution in [0.3, 0.4) is 0 Å². The maximum Gasteiger partial charge on any atom is 0.303 e. The van der Waals surface area contributed by atoms with Gasteiger partial charge in [0, 0.05) is 36.1 Å². The maximum atomic E-state index is 13.2. The summed E-state index contributed by atoms with van der Waals surface area (Å²) in [5.41, 5.74) is 6.51. The van der Waals surface area contributed by atoms with Crippen LogP contribution in [0.1, 0.15) is 84.2 Å². The first-order valence-corrected chi connectivity index (χ1v) is 11.0. The van der Waals surface area contributed by atoms with Crippen molar-refractivity contribution in [2.24, 2.45) is 0 Å². The van der Waals surface area contributed by atoms with Gasteiger partial charge in [-0.2, -0.15) is 0 Å². The van der Waals surface area contributed by atoms with Crippen LogP contribution in [0.2, 0.25) is 0 Å². The average Bonchev–Trinajstić information content (AvgIpc) is 3.32. The van der Waals surface area contributed by atoms with Gasteiger partial charge in [0.25, 0.3) is 0 Å². The van der Waals surface area contributed by atoms with E-state index >= 15 is 0 Å². The van der Waals surface area contributed by atoms with E-state index in [1.54, 1.807) is 0 Å². The number of carbonyl (C=O) groups excluding carboxylic acids is 2. The Kier molecular flexibility index (Phi) is 7.16. The highest BCUT2D eigenvalue weighted by molar-refractivity contribution is 6.09. The molecule has 164 valence electrons. The lowest BCUT2D eigenvalue weighted by Crippen LogP contribution is -2.11. The molecule has 0 aliphatic carbocycles. The van der Waals surface area contributed by atoms with Crippen LogP contribution in [0.5, 0.6) is 0 Å². The van der Waals surface area contributed by atoms with E-state index in [0.29, 0.717) is 24.2 Å². The molecule has 1 aromatic carbocycles. The van der Waals surface area contributed by atoms with Crippen molar-refractivity contribution in [3.63, 3.8) is 0 Å². The lowest BCUT2D eigenvalue weighted by molar-refractivity contribution is -0.146. The summed E-state index contributed by atoms with van der Waals surface area (Å²) >= 11 is 0. The topological polar surface area (TPSA) is 64.1 Å². The number of aromatic nitrogens is 2. The zero-order valence-electron chi connectivity index (χ0n) is 19.1. The monoisotopic (exact) mass is 420 g/mol. The van der Waals surface area contributed by atoms with Gasteiger partial charge in [0.15, 0.2) is 0 Å². The molecule has 0 spiro atoms. The van der Waals surface area contributed by atoms with E-state index in [9.17, 15) is 9.59 Å². The van der Waals surface area contributed by atoms with Crippen molar-refractivity contribution in [1.29, 1.82) is 0 Å². The fourth-order valence-electron chi connectivity index (χ4n) is 4.26. The minimum Gasteiger partial charge on any atom is -0.458 e. The number of ether oxygens (including phenoxy) is 1. The SMILES string of the molecule is CCc1cn(Cc2[nH]c(C(=O)c3ccccc3)c(C)c2C(CC)OC(C)=O)cc1CC. The number of carbonyl (C=O) groups is 2. The molecular formula is C26H32N2O3. The molecule has 0 radical (unpaired) electrons. The number of ketones is 1. The Morgan fingerprint density at radius 2 is 1.65 bits per heavy atom. The van der Waals surface area contributed by atoms with E-state index in [0.717, 1.165) is 29.7 Å². The van der Waals surface area contributed by atoms with Gasteiger partial charge in [-0.3, -0.25) is 9.59 Å². The molecule has 31 heavy (non-hydrogen) atoms. The van der Waals surface area contributed by atoms with Crippen molar-refractivity contribution in [3.05, 3.63) is 81.9 Å². The van der Waals surface area contributed by atoms with E-state index < -0.39 is 6.10 Å². The van der Waals surface area contributed by atoms with Crippen LogP contribution >= 0.6 is 0 Å². The number of aryl methyl sites for hydroxylation is 2. The Morgan fingerprint density at radius 3 is 2.16 bits per heavy atom. The molecule has 1 atom stereocenters. The van der Waals surface area contributed by atoms with Gasteiger partial charge in [0.05, 0.1) is 12.2 Å². The van der Waals surface area contributed by atoms with E-state index in [4.69, 9.17) is 4.74 Å². The Morgan fingerprint density at radius 1 is 1.03 bits per heavy atom. The van der Waals surface area contributed by atoms with Gasteiger partial charge >= 0.3 is 5.97 Å². The summed E-state index contributed by atoms with van der Waals surface area (Å²) in [6.45, 7) is 10.3. The van der Waals surface area contributed by atoms with Gasteiger partial charge in [-0.05, 0) is 42.9 Å². The maximum absolute atomic E-state index is 13.2. The molecule has 3 rings (SSSR count). The van der Waals surface area contributed by atoms with Gasteiger partial charge in [0.1, 0.15) is 6.10 Å². The smallest absolute Gasteiger partial charge is 0.303 e. The molecule has 0 fully saturated rings. The van der Waals surface area contributed by atoms with Gasteiger partial charge < -0.3 is 14.3 Å². The molecule has 0 aliphatic rings. The van der Waals surface area contributed by atoms with Crippen molar-refractivity contribution in [3.8, 4) is 0 Å². The lowest BCUT2D eigenvalue weighted by atomic mass is 9.99. The summed E-state index contributed by atoms with van der Waals surface area (Å²) in [5.74, 6) is -0.379. The largest absolute Gasteiger partial charge is 0.458 e. The zero-order valence-corrected chi connectivity index (χ0v) is 19.1. The normalized spacial score (nSPS) is 12.0. The number of aromatic amines is 1. The first kappa shape index (κ1) is 22.6. The summed E-state index contributed by atoms with van der Waals surface area (Å²) in [7, 11) is 0. The highest BCUT2D eigenvalue weighted by Gasteiger charge is 2.27. The van der Waals surface area contributed by atoms with Gasteiger partial charge in [-0.15, -0.1) is 0 Å². The number of nitrogens with zero attached hydrogens (tertiary/aromatic N) is 1. The predicted octanol–water partition coefficient (Wildman–Crippen LogP) is 5.54. The summed E-state index contributed by atoms with van der Waals surface area (Å²) in [6.07, 6.45) is 6.55. The number of benzene rings is 1. The second kappa shape index (κ2) is 9.82. The van der Waals surface area contributed by atoms with Crippen LogP contribution in [-0.4, -0.2) is 21.3 Å². The number of nitrogens with one attached hydrogen (secondary N) is 1. The van der Waals surface area contributed by atoms with E-state index in [1.165, 1.54) is 18.1 Å². The third kappa shape index (κ3) is 4.82. The Hall–Kier alpha value is -3.08. The second-order valence-corrected chi connectivity index (χ2v) is 7.91. The summed E-state index contributed by atoms with van der Waals surface area (Å²) in [5, 5.41) is 0. The van der Waals surface area contributed by atoms with Gasteiger partial charge in [-0.1, -0.05) is 51.1 Å². The van der Waals surface area contributed by atoms with Gasteiger partial charge in [-0.25, -0.2) is 0 Å². The molecule has 5 nitrogen and oxygen atoms in total. The van der Waals surface area contributed by atoms with Crippen molar-refractivity contribution >= 4 is 11.8 Å². The molecule has 0 saturated carbocycles. The third-order valence-electron chi connectivity index (χ3n) is 5.80. The molecule has 0 amide bonds. The minimum absolute atomic E-state index is 0.0562. The number of esters is 1.